The van der Waals surface area contributed by atoms with E-state index < -0.39 is 0 Å². The summed E-state index contributed by atoms with van der Waals surface area (Å²) in [6.07, 6.45) is 4.85. The monoisotopic (exact) mass is 215 g/mol. The maximum absolute atomic E-state index is 5.67. The van der Waals surface area contributed by atoms with Gasteiger partial charge in [0.25, 0.3) is 0 Å². The Morgan fingerprint density at radius 1 is 1.31 bits per heavy atom. The van der Waals surface area contributed by atoms with Crippen molar-refractivity contribution in [1.29, 1.82) is 0 Å². The van der Waals surface area contributed by atoms with Crippen LogP contribution in [-0.4, -0.2) is 16.3 Å². The summed E-state index contributed by atoms with van der Waals surface area (Å²) in [6, 6.07) is 10.6. The Kier molecular flexibility index (Phi) is 3.37. The summed E-state index contributed by atoms with van der Waals surface area (Å²) >= 11 is 0. The molecule has 1 unspecified atom stereocenters. The normalized spacial score (nSPS) is 12.6. The van der Waals surface area contributed by atoms with Gasteiger partial charge >= 0.3 is 0 Å². The molecule has 1 aromatic carbocycles. The van der Waals surface area contributed by atoms with Gasteiger partial charge in [0, 0.05) is 6.20 Å². The van der Waals surface area contributed by atoms with Crippen molar-refractivity contribution in [3.05, 3.63) is 53.9 Å². The molecule has 3 heteroatoms. The third-order valence-electron chi connectivity index (χ3n) is 2.67. The molecule has 0 aliphatic heterocycles. The highest BCUT2D eigenvalue weighted by Crippen LogP contribution is 2.20. The highest BCUT2D eigenvalue weighted by Gasteiger charge is 2.12. The number of hydrogen-bond acceptors (Lipinski definition) is 2. The van der Waals surface area contributed by atoms with Crippen LogP contribution in [0.3, 0.4) is 0 Å². The van der Waals surface area contributed by atoms with Crippen molar-refractivity contribution < 1.29 is 0 Å². The van der Waals surface area contributed by atoms with Gasteiger partial charge in [-0.1, -0.05) is 30.3 Å². The zero-order valence-electron chi connectivity index (χ0n) is 9.50. The van der Waals surface area contributed by atoms with Gasteiger partial charge in [-0.2, -0.15) is 5.10 Å². The van der Waals surface area contributed by atoms with E-state index in [-0.39, 0.29) is 6.04 Å². The van der Waals surface area contributed by atoms with Crippen LogP contribution in [0.4, 0.5) is 0 Å². The van der Waals surface area contributed by atoms with Crippen molar-refractivity contribution in [3.63, 3.8) is 0 Å². The molecular formula is C13H17N3. The van der Waals surface area contributed by atoms with Crippen LogP contribution in [0.1, 0.15) is 23.6 Å². The predicted molar refractivity (Wildman–Crippen MR) is 65.2 cm³/mol. The second kappa shape index (κ2) is 4.94. The molecule has 0 bridgehead atoms. The molecule has 0 amide bonds. The summed E-state index contributed by atoms with van der Waals surface area (Å²) in [4.78, 5) is 0. The first-order valence-corrected chi connectivity index (χ1v) is 5.57. The van der Waals surface area contributed by atoms with Crippen molar-refractivity contribution in [2.75, 3.05) is 6.54 Å². The largest absolute Gasteiger partial charge is 0.330 e. The molecule has 0 saturated carbocycles. The molecule has 2 aromatic rings. The zero-order chi connectivity index (χ0) is 11.4. The number of nitrogens with zero attached hydrogens (tertiary/aromatic N) is 2. The fourth-order valence-electron chi connectivity index (χ4n) is 1.89. The standard InChI is InChI=1S/C13H17N3/c1-11-9-15-16(10-11)13(7-8-14)12-5-3-2-4-6-12/h2-6,9-10,13H,7-8,14H2,1H3. The molecule has 0 radical (unpaired) electrons. The van der Waals surface area contributed by atoms with Crippen molar-refractivity contribution >= 4 is 0 Å². The first-order valence-electron chi connectivity index (χ1n) is 5.57. The lowest BCUT2D eigenvalue weighted by Gasteiger charge is -2.17. The molecule has 0 fully saturated rings. The maximum atomic E-state index is 5.67. The Balaban J connectivity index is 2.31. The Bertz CT molecular complexity index is 433. The van der Waals surface area contributed by atoms with Crippen LogP contribution < -0.4 is 5.73 Å². The first kappa shape index (κ1) is 10.9. The van der Waals surface area contributed by atoms with Crippen LogP contribution in [0.15, 0.2) is 42.7 Å². The molecule has 0 aliphatic rings. The van der Waals surface area contributed by atoms with Gasteiger partial charge in [0.15, 0.2) is 0 Å². The number of aryl methyl sites for hydroxylation is 1. The van der Waals surface area contributed by atoms with Crippen molar-refractivity contribution in [3.8, 4) is 0 Å². The second-order valence-corrected chi connectivity index (χ2v) is 4.00. The molecular weight excluding hydrogens is 198 g/mol. The molecule has 2 rings (SSSR count). The number of nitrogens with two attached hydrogens (primary N) is 1. The van der Waals surface area contributed by atoms with Gasteiger partial charge in [-0.05, 0) is 31.0 Å². The smallest absolute Gasteiger partial charge is 0.0780 e. The highest BCUT2D eigenvalue weighted by atomic mass is 15.3. The lowest BCUT2D eigenvalue weighted by molar-refractivity contribution is 0.495. The second-order valence-electron chi connectivity index (χ2n) is 4.00. The van der Waals surface area contributed by atoms with Crippen LogP contribution in [0.5, 0.6) is 0 Å². The van der Waals surface area contributed by atoms with Crippen molar-refractivity contribution in [1.82, 2.24) is 9.78 Å². The Morgan fingerprint density at radius 3 is 2.62 bits per heavy atom. The number of hydrogen-bond donors (Lipinski definition) is 1. The molecule has 0 aliphatic carbocycles. The minimum atomic E-state index is 0.250. The molecule has 1 aromatic heterocycles. The van der Waals surface area contributed by atoms with E-state index in [4.69, 9.17) is 5.73 Å². The van der Waals surface area contributed by atoms with E-state index in [1.807, 2.05) is 23.9 Å². The quantitative estimate of drug-likeness (QED) is 0.849. The number of aromatic nitrogens is 2. The summed E-state index contributed by atoms with van der Waals surface area (Å²) in [5.41, 5.74) is 8.11. The SMILES string of the molecule is Cc1cnn(C(CCN)c2ccccc2)c1. The van der Waals surface area contributed by atoms with E-state index in [1.54, 1.807) is 0 Å². The fourth-order valence-corrected chi connectivity index (χ4v) is 1.89. The van der Waals surface area contributed by atoms with E-state index in [1.165, 1.54) is 11.1 Å². The van der Waals surface area contributed by atoms with Crippen LogP contribution in [-0.2, 0) is 0 Å². The third-order valence-corrected chi connectivity index (χ3v) is 2.67. The van der Waals surface area contributed by atoms with Gasteiger partial charge in [-0.3, -0.25) is 4.68 Å². The molecule has 0 saturated heterocycles. The van der Waals surface area contributed by atoms with Crippen LogP contribution in [0.25, 0.3) is 0 Å². The van der Waals surface area contributed by atoms with Gasteiger partial charge in [0.05, 0.1) is 12.2 Å². The summed E-state index contributed by atoms with van der Waals surface area (Å²) in [5, 5.41) is 4.37. The van der Waals surface area contributed by atoms with Crippen molar-refractivity contribution in [2.45, 2.75) is 19.4 Å². The Labute approximate surface area is 95.9 Å². The highest BCUT2D eigenvalue weighted by molar-refractivity contribution is 5.20. The van der Waals surface area contributed by atoms with E-state index in [0.717, 1.165) is 6.42 Å². The van der Waals surface area contributed by atoms with Crippen LogP contribution in [0, 0.1) is 6.92 Å². The third kappa shape index (κ3) is 2.31. The molecule has 3 nitrogen and oxygen atoms in total. The van der Waals surface area contributed by atoms with E-state index in [0.29, 0.717) is 6.54 Å². The van der Waals surface area contributed by atoms with E-state index in [9.17, 15) is 0 Å². The van der Waals surface area contributed by atoms with E-state index >= 15 is 0 Å². The number of benzene rings is 1. The lowest BCUT2D eigenvalue weighted by atomic mass is 10.0. The Hall–Kier alpha value is -1.61. The fraction of sp³-hybridized carbons (Fsp3) is 0.308. The summed E-state index contributed by atoms with van der Waals surface area (Å²) in [5.74, 6) is 0. The van der Waals surface area contributed by atoms with Gasteiger partial charge in [0.1, 0.15) is 0 Å². The predicted octanol–water partition coefficient (Wildman–Crippen LogP) is 2.13. The summed E-state index contributed by atoms with van der Waals surface area (Å²) in [6.45, 7) is 2.71. The molecule has 16 heavy (non-hydrogen) atoms. The summed E-state index contributed by atoms with van der Waals surface area (Å²) in [7, 11) is 0. The Morgan fingerprint density at radius 2 is 2.06 bits per heavy atom. The zero-order valence-corrected chi connectivity index (χ0v) is 9.50. The molecule has 1 atom stereocenters. The van der Waals surface area contributed by atoms with Gasteiger partial charge in [-0.25, -0.2) is 0 Å². The van der Waals surface area contributed by atoms with Crippen molar-refractivity contribution in [2.24, 2.45) is 5.73 Å². The first-order chi connectivity index (χ1) is 7.81. The summed E-state index contributed by atoms with van der Waals surface area (Å²) < 4.78 is 2.00. The number of rotatable bonds is 4. The van der Waals surface area contributed by atoms with Crippen LogP contribution >= 0.6 is 0 Å². The molecule has 2 N–H and O–H groups in total. The van der Waals surface area contributed by atoms with E-state index in [2.05, 4.69) is 35.6 Å². The average Bonchev–Trinajstić information content (AvgIpc) is 2.74. The minimum Gasteiger partial charge on any atom is -0.330 e. The molecule has 84 valence electrons. The lowest BCUT2D eigenvalue weighted by Crippen LogP contribution is -2.15. The molecule has 0 spiro atoms. The van der Waals surface area contributed by atoms with Gasteiger partial charge in [0.2, 0.25) is 0 Å². The average molecular weight is 215 g/mol. The van der Waals surface area contributed by atoms with Gasteiger partial charge in [-0.15, -0.1) is 0 Å². The van der Waals surface area contributed by atoms with Crippen LogP contribution in [0.2, 0.25) is 0 Å². The minimum absolute atomic E-state index is 0.250. The molecule has 1 heterocycles. The maximum Gasteiger partial charge on any atom is 0.0780 e. The topological polar surface area (TPSA) is 43.8 Å². The van der Waals surface area contributed by atoms with Gasteiger partial charge < -0.3 is 5.73 Å².